The first-order chi connectivity index (χ1) is 7.22. The molecule has 1 aromatic carbocycles. The summed E-state index contributed by atoms with van der Waals surface area (Å²) in [6, 6.07) is 5.58. The van der Waals surface area contributed by atoms with Crippen LogP contribution in [0.15, 0.2) is 18.2 Å². The fraction of sp³-hybridized carbons (Fsp3) is 0.538. The Morgan fingerprint density at radius 3 is 2.40 bits per heavy atom. The van der Waals surface area contributed by atoms with Crippen molar-refractivity contribution in [2.75, 3.05) is 7.05 Å². The summed E-state index contributed by atoms with van der Waals surface area (Å²) in [6.07, 6.45) is 2.00. The molecule has 0 saturated carbocycles. The smallest absolute Gasteiger partial charge is 0.126 e. The Morgan fingerprint density at radius 2 is 1.93 bits per heavy atom. The average molecular weight is 209 g/mol. The molecular weight excluding hydrogens is 189 g/mol. The second kappa shape index (κ2) is 5.86. The Morgan fingerprint density at radius 1 is 1.27 bits per heavy atom. The molecule has 15 heavy (non-hydrogen) atoms. The van der Waals surface area contributed by atoms with Crippen molar-refractivity contribution in [3.05, 3.63) is 35.1 Å². The van der Waals surface area contributed by atoms with E-state index in [4.69, 9.17) is 0 Å². The summed E-state index contributed by atoms with van der Waals surface area (Å²) < 4.78 is 13.8. The zero-order chi connectivity index (χ0) is 11.3. The predicted molar refractivity (Wildman–Crippen MR) is 62.5 cm³/mol. The van der Waals surface area contributed by atoms with Crippen LogP contribution in [0.4, 0.5) is 4.39 Å². The zero-order valence-electron chi connectivity index (χ0n) is 9.81. The molecule has 0 spiro atoms. The summed E-state index contributed by atoms with van der Waals surface area (Å²) in [4.78, 5) is 0. The van der Waals surface area contributed by atoms with Gasteiger partial charge in [-0.2, -0.15) is 0 Å². The number of halogens is 1. The molecule has 0 unspecified atom stereocenters. The summed E-state index contributed by atoms with van der Waals surface area (Å²) in [5.74, 6) is 0.296. The molecule has 0 fully saturated rings. The van der Waals surface area contributed by atoms with Crippen LogP contribution >= 0.6 is 0 Å². The SMILES string of the molecule is CCC(CC)c1ccc(CNC)cc1F. The standard InChI is InChI=1S/C13H20FN/c1-4-11(5-2)12-7-6-10(9-15-3)8-13(12)14/h6-8,11,15H,4-5,9H2,1-3H3. The van der Waals surface area contributed by atoms with E-state index in [1.54, 1.807) is 6.07 Å². The maximum atomic E-state index is 13.8. The fourth-order valence-corrected chi connectivity index (χ4v) is 1.94. The molecular formula is C13H20FN. The second-order valence-corrected chi connectivity index (χ2v) is 3.90. The van der Waals surface area contributed by atoms with E-state index in [1.807, 2.05) is 19.2 Å². The van der Waals surface area contributed by atoms with Gasteiger partial charge in [0.05, 0.1) is 0 Å². The minimum absolute atomic E-state index is 0.0588. The third kappa shape index (κ3) is 3.03. The highest BCUT2D eigenvalue weighted by Crippen LogP contribution is 2.25. The first kappa shape index (κ1) is 12.2. The van der Waals surface area contributed by atoms with Gasteiger partial charge in [0, 0.05) is 6.54 Å². The molecule has 0 heterocycles. The molecule has 1 aromatic rings. The third-order valence-corrected chi connectivity index (χ3v) is 2.87. The van der Waals surface area contributed by atoms with Gasteiger partial charge in [-0.25, -0.2) is 4.39 Å². The van der Waals surface area contributed by atoms with Crippen molar-refractivity contribution < 1.29 is 4.39 Å². The lowest BCUT2D eigenvalue weighted by molar-refractivity contribution is 0.556. The molecule has 0 bridgehead atoms. The molecule has 1 nitrogen and oxygen atoms in total. The molecule has 2 heteroatoms. The van der Waals surface area contributed by atoms with Crippen LogP contribution in [0.3, 0.4) is 0 Å². The van der Waals surface area contributed by atoms with Gasteiger partial charge < -0.3 is 5.32 Å². The van der Waals surface area contributed by atoms with Crippen LogP contribution in [0, 0.1) is 5.82 Å². The van der Waals surface area contributed by atoms with Crippen molar-refractivity contribution in [1.29, 1.82) is 0 Å². The van der Waals surface area contributed by atoms with E-state index in [9.17, 15) is 4.39 Å². The third-order valence-electron chi connectivity index (χ3n) is 2.87. The molecule has 84 valence electrons. The normalized spacial score (nSPS) is 11.0. The van der Waals surface area contributed by atoms with E-state index in [-0.39, 0.29) is 5.82 Å². The van der Waals surface area contributed by atoms with E-state index >= 15 is 0 Å². The van der Waals surface area contributed by atoms with Gasteiger partial charge in [-0.05, 0) is 43.0 Å². The molecule has 0 saturated heterocycles. The molecule has 0 aliphatic carbocycles. The quantitative estimate of drug-likeness (QED) is 0.783. The first-order valence-electron chi connectivity index (χ1n) is 5.65. The minimum atomic E-state index is -0.0588. The second-order valence-electron chi connectivity index (χ2n) is 3.90. The summed E-state index contributed by atoms with van der Waals surface area (Å²) in [6.45, 7) is 4.93. The average Bonchev–Trinajstić information content (AvgIpc) is 2.23. The maximum Gasteiger partial charge on any atom is 0.126 e. The van der Waals surface area contributed by atoms with Gasteiger partial charge >= 0.3 is 0 Å². The van der Waals surface area contributed by atoms with Crippen LogP contribution < -0.4 is 5.32 Å². The van der Waals surface area contributed by atoms with Crippen molar-refractivity contribution >= 4 is 0 Å². The van der Waals surface area contributed by atoms with Gasteiger partial charge in [0.15, 0.2) is 0 Å². The number of hydrogen-bond acceptors (Lipinski definition) is 1. The van der Waals surface area contributed by atoms with Crippen LogP contribution in [0.5, 0.6) is 0 Å². The highest BCUT2D eigenvalue weighted by atomic mass is 19.1. The van der Waals surface area contributed by atoms with Crippen LogP contribution in [-0.4, -0.2) is 7.05 Å². The van der Waals surface area contributed by atoms with Crippen molar-refractivity contribution in [3.63, 3.8) is 0 Å². The monoisotopic (exact) mass is 209 g/mol. The summed E-state index contributed by atoms with van der Waals surface area (Å²) >= 11 is 0. The van der Waals surface area contributed by atoms with Crippen LogP contribution in [0.2, 0.25) is 0 Å². The Hall–Kier alpha value is -0.890. The molecule has 0 aliphatic heterocycles. The molecule has 1 N–H and O–H groups in total. The number of nitrogens with one attached hydrogen (secondary N) is 1. The highest BCUT2D eigenvalue weighted by molar-refractivity contribution is 5.27. The predicted octanol–water partition coefficient (Wildman–Crippen LogP) is 3.45. The Bertz CT molecular complexity index is 305. The Balaban J connectivity index is 2.91. The van der Waals surface area contributed by atoms with E-state index < -0.39 is 0 Å². The molecule has 1 rings (SSSR count). The highest BCUT2D eigenvalue weighted by Gasteiger charge is 2.12. The topological polar surface area (TPSA) is 12.0 Å². The summed E-state index contributed by atoms with van der Waals surface area (Å²) in [5, 5.41) is 3.02. The van der Waals surface area contributed by atoms with Crippen LogP contribution in [0.1, 0.15) is 43.7 Å². The molecule has 0 radical (unpaired) electrons. The lowest BCUT2D eigenvalue weighted by Gasteiger charge is -2.14. The van der Waals surface area contributed by atoms with Gasteiger partial charge in [-0.15, -0.1) is 0 Å². The minimum Gasteiger partial charge on any atom is -0.316 e. The van der Waals surface area contributed by atoms with E-state index in [2.05, 4.69) is 19.2 Å². The zero-order valence-corrected chi connectivity index (χ0v) is 9.81. The molecule has 0 amide bonds. The van der Waals surface area contributed by atoms with Crippen molar-refractivity contribution in [2.45, 2.75) is 39.2 Å². The van der Waals surface area contributed by atoms with Crippen LogP contribution in [0.25, 0.3) is 0 Å². The summed E-state index contributed by atoms with van der Waals surface area (Å²) in [7, 11) is 1.87. The van der Waals surface area contributed by atoms with Gasteiger partial charge in [0.25, 0.3) is 0 Å². The van der Waals surface area contributed by atoms with Gasteiger partial charge in [-0.3, -0.25) is 0 Å². The molecule has 0 aromatic heterocycles. The number of benzene rings is 1. The Kier molecular flexibility index (Phi) is 4.76. The Labute approximate surface area is 91.7 Å². The maximum absolute atomic E-state index is 13.8. The molecule has 0 atom stereocenters. The lowest BCUT2D eigenvalue weighted by Crippen LogP contribution is -2.06. The van der Waals surface area contributed by atoms with Gasteiger partial charge in [0.2, 0.25) is 0 Å². The van der Waals surface area contributed by atoms with Gasteiger partial charge in [-0.1, -0.05) is 26.0 Å². The largest absolute Gasteiger partial charge is 0.316 e. The van der Waals surface area contributed by atoms with Crippen molar-refractivity contribution in [3.8, 4) is 0 Å². The fourth-order valence-electron chi connectivity index (χ4n) is 1.94. The first-order valence-corrected chi connectivity index (χ1v) is 5.65. The van der Waals surface area contributed by atoms with Crippen LogP contribution in [-0.2, 0) is 6.54 Å². The van der Waals surface area contributed by atoms with E-state index in [0.29, 0.717) is 5.92 Å². The van der Waals surface area contributed by atoms with Crippen molar-refractivity contribution in [2.24, 2.45) is 0 Å². The number of rotatable bonds is 5. The van der Waals surface area contributed by atoms with E-state index in [0.717, 1.165) is 30.5 Å². The van der Waals surface area contributed by atoms with Crippen molar-refractivity contribution in [1.82, 2.24) is 5.32 Å². The summed E-state index contributed by atoms with van der Waals surface area (Å²) in [5.41, 5.74) is 1.87. The lowest BCUT2D eigenvalue weighted by atomic mass is 9.93. The molecule has 0 aliphatic rings. The van der Waals surface area contributed by atoms with E-state index in [1.165, 1.54) is 0 Å². The number of hydrogen-bond donors (Lipinski definition) is 1. The van der Waals surface area contributed by atoms with Gasteiger partial charge in [0.1, 0.15) is 5.82 Å².